The molecule has 0 fully saturated rings. The Bertz CT molecular complexity index is 399. The Kier molecular flexibility index (Phi) is 3.87. The minimum atomic E-state index is 0.320. The van der Waals surface area contributed by atoms with Gasteiger partial charge < -0.3 is 0 Å². The van der Waals surface area contributed by atoms with Gasteiger partial charge in [-0.15, -0.1) is 11.8 Å². The van der Waals surface area contributed by atoms with Crippen LogP contribution in [0.3, 0.4) is 0 Å². The van der Waals surface area contributed by atoms with Crippen molar-refractivity contribution in [2.75, 3.05) is 0 Å². The summed E-state index contributed by atoms with van der Waals surface area (Å²) >= 11 is 5.50. The highest BCUT2D eigenvalue weighted by Crippen LogP contribution is 2.39. The number of alkyl halides is 1. The predicted octanol–water partition coefficient (Wildman–Crippen LogP) is 4.87. The summed E-state index contributed by atoms with van der Waals surface area (Å²) in [5.74, 6) is 0. The van der Waals surface area contributed by atoms with Crippen molar-refractivity contribution in [3.05, 3.63) is 66.2 Å². The van der Waals surface area contributed by atoms with E-state index >= 15 is 0 Å². The van der Waals surface area contributed by atoms with Crippen molar-refractivity contribution in [2.24, 2.45) is 0 Å². The van der Waals surface area contributed by atoms with Crippen molar-refractivity contribution >= 4 is 27.7 Å². The number of hydrogen-bond acceptors (Lipinski definition) is 1. The van der Waals surface area contributed by atoms with Gasteiger partial charge in [-0.25, -0.2) is 0 Å². The zero-order valence-electron chi connectivity index (χ0n) is 8.14. The number of halogens is 1. The zero-order valence-corrected chi connectivity index (χ0v) is 10.5. The van der Waals surface area contributed by atoms with Crippen molar-refractivity contribution in [1.29, 1.82) is 0 Å². The number of thioether (sulfide) groups is 1. The van der Waals surface area contributed by atoms with Crippen molar-refractivity contribution < 1.29 is 0 Å². The zero-order chi connectivity index (χ0) is 10.5. The number of rotatable bonds is 3. The summed E-state index contributed by atoms with van der Waals surface area (Å²) in [5, 5.41) is 0. The molecule has 2 aromatic rings. The summed E-state index contributed by atoms with van der Waals surface area (Å²) in [5.41, 5.74) is 1.30. The third-order valence-electron chi connectivity index (χ3n) is 2.04. The molecule has 0 spiro atoms. The quantitative estimate of drug-likeness (QED) is 0.570. The van der Waals surface area contributed by atoms with E-state index in [0.29, 0.717) is 4.16 Å². The van der Waals surface area contributed by atoms with Gasteiger partial charge in [0.15, 0.2) is 0 Å². The third kappa shape index (κ3) is 3.11. The molecule has 0 amide bonds. The van der Waals surface area contributed by atoms with Gasteiger partial charge in [-0.3, -0.25) is 0 Å². The first-order chi connectivity index (χ1) is 7.36. The van der Waals surface area contributed by atoms with Crippen LogP contribution in [0.15, 0.2) is 65.6 Å². The van der Waals surface area contributed by atoms with Crippen LogP contribution in [-0.4, -0.2) is 0 Å². The molecule has 0 bridgehead atoms. The van der Waals surface area contributed by atoms with E-state index in [1.165, 1.54) is 10.5 Å². The monoisotopic (exact) mass is 278 g/mol. The van der Waals surface area contributed by atoms with E-state index in [1.54, 1.807) is 0 Å². The van der Waals surface area contributed by atoms with Gasteiger partial charge >= 0.3 is 0 Å². The normalized spacial score (nSPS) is 12.3. The van der Waals surface area contributed by atoms with Crippen LogP contribution in [0.2, 0.25) is 0 Å². The van der Waals surface area contributed by atoms with Gasteiger partial charge in [0.1, 0.15) is 0 Å². The Hall–Kier alpha value is -0.730. The summed E-state index contributed by atoms with van der Waals surface area (Å²) < 4.78 is 0.320. The average molecular weight is 279 g/mol. The number of hydrogen-bond donors (Lipinski definition) is 0. The standard InChI is InChI=1S/C13H11BrS/c14-13(11-7-3-1-4-8-11)15-12-9-5-2-6-10-12/h1-10,13H. The van der Waals surface area contributed by atoms with Crippen LogP contribution < -0.4 is 0 Å². The first-order valence-electron chi connectivity index (χ1n) is 4.77. The van der Waals surface area contributed by atoms with Crippen molar-refractivity contribution in [1.82, 2.24) is 0 Å². The van der Waals surface area contributed by atoms with Crippen molar-refractivity contribution in [3.63, 3.8) is 0 Å². The Labute approximate surface area is 103 Å². The lowest BCUT2D eigenvalue weighted by molar-refractivity contribution is 1.37. The summed E-state index contributed by atoms with van der Waals surface area (Å²) in [6.07, 6.45) is 0. The fourth-order valence-electron chi connectivity index (χ4n) is 1.29. The van der Waals surface area contributed by atoms with Crippen LogP contribution in [0.4, 0.5) is 0 Å². The lowest BCUT2D eigenvalue weighted by Gasteiger charge is -2.09. The molecule has 2 rings (SSSR count). The molecular weight excluding hydrogens is 268 g/mol. The summed E-state index contributed by atoms with van der Waals surface area (Å²) in [6.45, 7) is 0. The summed E-state index contributed by atoms with van der Waals surface area (Å²) in [6, 6.07) is 20.9. The summed E-state index contributed by atoms with van der Waals surface area (Å²) in [7, 11) is 0. The smallest absolute Gasteiger partial charge is 0.0896 e. The maximum absolute atomic E-state index is 3.69. The molecule has 0 saturated heterocycles. The lowest BCUT2D eigenvalue weighted by Crippen LogP contribution is -1.83. The first kappa shape index (κ1) is 10.8. The fourth-order valence-corrected chi connectivity index (χ4v) is 3.09. The van der Waals surface area contributed by atoms with Crippen LogP contribution in [0.1, 0.15) is 9.72 Å². The van der Waals surface area contributed by atoms with Gasteiger partial charge in [0.2, 0.25) is 0 Å². The molecule has 0 N–H and O–H groups in total. The van der Waals surface area contributed by atoms with Crippen LogP contribution >= 0.6 is 27.7 Å². The maximum atomic E-state index is 3.69. The molecule has 0 aliphatic rings. The van der Waals surface area contributed by atoms with Crippen molar-refractivity contribution in [2.45, 2.75) is 9.05 Å². The van der Waals surface area contributed by atoms with E-state index in [9.17, 15) is 0 Å². The van der Waals surface area contributed by atoms with Crippen LogP contribution in [-0.2, 0) is 0 Å². The average Bonchev–Trinajstić information content (AvgIpc) is 2.31. The maximum Gasteiger partial charge on any atom is 0.0896 e. The van der Waals surface area contributed by atoms with Gasteiger partial charge in [-0.2, -0.15) is 0 Å². The van der Waals surface area contributed by atoms with Gasteiger partial charge in [-0.1, -0.05) is 64.5 Å². The van der Waals surface area contributed by atoms with E-state index in [1.807, 2.05) is 23.9 Å². The lowest BCUT2D eigenvalue weighted by atomic mass is 10.2. The van der Waals surface area contributed by atoms with E-state index in [-0.39, 0.29) is 0 Å². The Morgan fingerprint density at radius 3 is 1.93 bits per heavy atom. The van der Waals surface area contributed by atoms with Crippen LogP contribution in [0, 0.1) is 0 Å². The molecular formula is C13H11BrS. The Balaban J connectivity index is 2.08. The van der Waals surface area contributed by atoms with Gasteiger partial charge in [0.25, 0.3) is 0 Å². The second-order valence-corrected chi connectivity index (χ2v) is 5.86. The van der Waals surface area contributed by atoms with Crippen molar-refractivity contribution in [3.8, 4) is 0 Å². The minimum absolute atomic E-state index is 0.320. The molecule has 1 atom stereocenters. The highest BCUT2D eigenvalue weighted by atomic mass is 79.9. The highest BCUT2D eigenvalue weighted by molar-refractivity contribution is 9.11. The molecule has 15 heavy (non-hydrogen) atoms. The Morgan fingerprint density at radius 1 is 0.800 bits per heavy atom. The molecule has 0 aromatic heterocycles. The molecule has 0 aliphatic carbocycles. The minimum Gasteiger partial charge on any atom is -0.106 e. The molecule has 1 unspecified atom stereocenters. The largest absolute Gasteiger partial charge is 0.106 e. The molecule has 0 saturated carbocycles. The molecule has 76 valence electrons. The SMILES string of the molecule is BrC(Sc1ccccc1)c1ccccc1. The molecule has 0 nitrogen and oxygen atoms in total. The Morgan fingerprint density at radius 2 is 1.33 bits per heavy atom. The van der Waals surface area contributed by atoms with Gasteiger partial charge in [0, 0.05) is 4.90 Å². The fraction of sp³-hybridized carbons (Fsp3) is 0.0769. The van der Waals surface area contributed by atoms with E-state index < -0.39 is 0 Å². The summed E-state index contributed by atoms with van der Waals surface area (Å²) in [4.78, 5) is 1.28. The number of benzene rings is 2. The van der Waals surface area contributed by atoms with E-state index in [4.69, 9.17) is 0 Å². The third-order valence-corrected chi connectivity index (χ3v) is 4.16. The second-order valence-electron chi connectivity index (χ2n) is 3.16. The highest BCUT2D eigenvalue weighted by Gasteiger charge is 2.07. The van der Waals surface area contributed by atoms with Gasteiger partial charge in [-0.05, 0) is 17.7 Å². The van der Waals surface area contributed by atoms with E-state index in [0.717, 1.165) is 0 Å². The molecule has 2 heteroatoms. The van der Waals surface area contributed by atoms with Crippen LogP contribution in [0.5, 0.6) is 0 Å². The molecule has 0 heterocycles. The first-order valence-corrected chi connectivity index (χ1v) is 6.56. The van der Waals surface area contributed by atoms with Crippen LogP contribution in [0.25, 0.3) is 0 Å². The van der Waals surface area contributed by atoms with Gasteiger partial charge in [0.05, 0.1) is 4.16 Å². The topological polar surface area (TPSA) is 0 Å². The second kappa shape index (κ2) is 5.38. The van der Waals surface area contributed by atoms with E-state index in [2.05, 4.69) is 64.5 Å². The molecule has 0 radical (unpaired) electrons. The molecule has 2 aromatic carbocycles. The molecule has 0 aliphatic heterocycles. The predicted molar refractivity (Wildman–Crippen MR) is 70.4 cm³/mol.